The third kappa shape index (κ3) is 3.08. The van der Waals surface area contributed by atoms with Crippen LogP contribution in [0.15, 0.2) is 35.7 Å². The van der Waals surface area contributed by atoms with Gasteiger partial charge in [0.1, 0.15) is 0 Å². The maximum absolute atomic E-state index is 12.1. The fourth-order valence-corrected chi connectivity index (χ4v) is 3.04. The van der Waals surface area contributed by atoms with E-state index in [0.29, 0.717) is 6.54 Å². The summed E-state index contributed by atoms with van der Waals surface area (Å²) in [6, 6.07) is 9.67. The van der Waals surface area contributed by atoms with Gasteiger partial charge in [0, 0.05) is 6.54 Å². The summed E-state index contributed by atoms with van der Waals surface area (Å²) in [5, 5.41) is 4.89. The number of hydrogen-bond donors (Lipinski definition) is 1. The number of ether oxygens (including phenoxy) is 2. The fourth-order valence-electron chi connectivity index (χ4n) is 2.40. The van der Waals surface area contributed by atoms with Crippen LogP contribution in [0.5, 0.6) is 11.5 Å². The Morgan fingerprint density at radius 2 is 2.14 bits per heavy atom. The van der Waals surface area contributed by atoms with Gasteiger partial charge < -0.3 is 19.7 Å². The summed E-state index contributed by atoms with van der Waals surface area (Å²) < 4.78 is 10.8. The van der Waals surface area contributed by atoms with Gasteiger partial charge in [0.2, 0.25) is 6.79 Å². The van der Waals surface area contributed by atoms with Crippen LogP contribution in [0.3, 0.4) is 0 Å². The first-order valence-electron chi connectivity index (χ1n) is 7.03. The number of carbonyl (C=O) groups excluding carboxylic acids is 1. The molecule has 3 rings (SSSR count). The van der Waals surface area contributed by atoms with E-state index in [1.807, 2.05) is 49.8 Å². The molecule has 0 fully saturated rings. The molecule has 1 unspecified atom stereocenters. The number of hydrogen-bond acceptors (Lipinski definition) is 5. The van der Waals surface area contributed by atoms with Crippen molar-refractivity contribution in [3.05, 3.63) is 46.2 Å². The molecule has 0 saturated carbocycles. The smallest absolute Gasteiger partial charge is 0.261 e. The lowest BCUT2D eigenvalue weighted by Gasteiger charge is -2.25. The van der Waals surface area contributed by atoms with Crippen LogP contribution in [0.4, 0.5) is 0 Å². The topological polar surface area (TPSA) is 50.8 Å². The van der Waals surface area contributed by atoms with E-state index in [0.717, 1.165) is 21.9 Å². The van der Waals surface area contributed by atoms with E-state index < -0.39 is 0 Å². The maximum atomic E-state index is 12.1. The molecule has 1 aliphatic heterocycles. The van der Waals surface area contributed by atoms with E-state index in [-0.39, 0.29) is 18.7 Å². The first-order valence-corrected chi connectivity index (χ1v) is 7.91. The summed E-state index contributed by atoms with van der Waals surface area (Å²) in [5.74, 6) is 1.49. The zero-order valence-corrected chi connectivity index (χ0v) is 13.4. The molecule has 1 aromatic heterocycles. The van der Waals surface area contributed by atoms with Crippen LogP contribution in [0.1, 0.15) is 21.3 Å². The number of thiophene rings is 1. The Morgan fingerprint density at radius 3 is 2.86 bits per heavy atom. The molecule has 0 radical (unpaired) electrons. The molecule has 0 saturated heterocycles. The SMILES string of the molecule is CN(C)C(CNC(=O)c1cccs1)c1ccc2c(c1)OCO2. The molecule has 0 aliphatic carbocycles. The monoisotopic (exact) mass is 318 g/mol. The highest BCUT2D eigenvalue weighted by atomic mass is 32.1. The molecule has 1 amide bonds. The molecule has 6 heteroatoms. The van der Waals surface area contributed by atoms with Gasteiger partial charge in [-0.1, -0.05) is 12.1 Å². The van der Waals surface area contributed by atoms with Gasteiger partial charge in [0.25, 0.3) is 5.91 Å². The number of benzene rings is 1. The molecule has 0 bridgehead atoms. The van der Waals surface area contributed by atoms with Crippen LogP contribution in [0.2, 0.25) is 0 Å². The van der Waals surface area contributed by atoms with E-state index in [1.165, 1.54) is 11.3 Å². The number of carbonyl (C=O) groups is 1. The number of rotatable bonds is 5. The van der Waals surface area contributed by atoms with Gasteiger partial charge in [-0.25, -0.2) is 0 Å². The molecule has 1 atom stereocenters. The molecule has 2 aromatic rings. The van der Waals surface area contributed by atoms with Gasteiger partial charge in [0.05, 0.1) is 10.9 Å². The Labute approximate surface area is 133 Å². The Morgan fingerprint density at radius 1 is 1.32 bits per heavy atom. The maximum Gasteiger partial charge on any atom is 0.261 e. The molecule has 0 spiro atoms. The molecule has 2 heterocycles. The van der Waals surface area contributed by atoms with E-state index in [1.54, 1.807) is 0 Å². The van der Waals surface area contributed by atoms with Gasteiger partial charge >= 0.3 is 0 Å². The van der Waals surface area contributed by atoms with Crippen molar-refractivity contribution in [3.8, 4) is 11.5 Å². The number of amides is 1. The van der Waals surface area contributed by atoms with Gasteiger partial charge in [-0.2, -0.15) is 0 Å². The summed E-state index contributed by atoms with van der Waals surface area (Å²) in [6.07, 6.45) is 0. The summed E-state index contributed by atoms with van der Waals surface area (Å²) in [6.45, 7) is 0.796. The number of nitrogens with one attached hydrogen (secondary N) is 1. The van der Waals surface area contributed by atoms with Crippen LogP contribution < -0.4 is 14.8 Å². The van der Waals surface area contributed by atoms with E-state index >= 15 is 0 Å². The zero-order valence-electron chi connectivity index (χ0n) is 12.5. The van der Waals surface area contributed by atoms with Crippen molar-refractivity contribution in [2.24, 2.45) is 0 Å². The van der Waals surface area contributed by atoms with Gasteiger partial charge in [-0.05, 0) is 43.2 Å². The van der Waals surface area contributed by atoms with Crippen molar-refractivity contribution in [1.29, 1.82) is 0 Å². The number of nitrogens with zero attached hydrogens (tertiary/aromatic N) is 1. The molecular formula is C16H18N2O3S. The second-order valence-electron chi connectivity index (χ2n) is 5.28. The molecule has 116 valence electrons. The highest BCUT2D eigenvalue weighted by Gasteiger charge is 2.20. The molecule has 1 N–H and O–H groups in total. The predicted molar refractivity (Wildman–Crippen MR) is 85.6 cm³/mol. The summed E-state index contributed by atoms with van der Waals surface area (Å²) >= 11 is 1.44. The Kier molecular flexibility index (Phi) is 4.31. The summed E-state index contributed by atoms with van der Waals surface area (Å²) in [7, 11) is 3.99. The second kappa shape index (κ2) is 6.37. The van der Waals surface area contributed by atoms with E-state index in [4.69, 9.17) is 9.47 Å². The lowest BCUT2D eigenvalue weighted by molar-refractivity contribution is 0.0946. The third-order valence-corrected chi connectivity index (χ3v) is 4.47. The van der Waals surface area contributed by atoms with Crippen molar-refractivity contribution in [2.75, 3.05) is 27.4 Å². The third-order valence-electron chi connectivity index (χ3n) is 3.61. The summed E-state index contributed by atoms with van der Waals surface area (Å²) in [5.41, 5.74) is 1.08. The van der Waals surface area contributed by atoms with Crippen LogP contribution in [-0.2, 0) is 0 Å². The quantitative estimate of drug-likeness (QED) is 0.920. The number of likely N-dealkylation sites (N-methyl/N-ethyl adjacent to an activating group) is 1. The first-order chi connectivity index (χ1) is 10.6. The Balaban J connectivity index is 1.71. The largest absolute Gasteiger partial charge is 0.454 e. The van der Waals surface area contributed by atoms with Crippen molar-refractivity contribution in [3.63, 3.8) is 0 Å². The van der Waals surface area contributed by atoms with Crippen molar-refractivity contribution in [1.82, 2.24) is 10.2 Å². The minimum Gasteiger partial charge on any atom is -0.454 e. The van der Waals surface area contributed by atoms with E-state index in [9.17, 15) is 4.79 Å². The lowest BCUT2D eigenvalue weighted by Crippen LogP contribution is -2.34. The van der Waals surface area contributed by atoms with Crippen LogP contribution in [-0.4, -0.2) is 38.2 Å². The second-order valence-corrected chi connectivity index (χ2v) is 6.23. The Bertz CT molecular complexity index is 655. The molecule has 5 nitrogen and oxygen atoms in total. The molecule has 1 aromatic carbocycles. The van der Waals surface area contributed by atoms with Crippen LogP contribution in [0, 0.1) is 0 Å². The predicted octanol–water partition coefficient (Wildman–Crippen LogP) is 2.51. The van der Waals surface area contributed by atoms with E-state index in [2.05, 4.69) is 10.2 Å². The highest BCUT2D eigenvalue weighted by Crippen LogP contribution is 2.34. The Hall–Kier alpha value is -2.05. The summed E-state index contributed by atoms with van der Waals surface area (Å²) in [4.78, 5) is 14.9. The van der Waals surface area contributed by atoms with Gasteiger partial charge in [0.15, 0.2) is 11.5 Å². The van der Waals surface area contributed by atoms with Gasteiger partial charge in [-0.15, -0.1) is 11.3 Å². The normalized spacial score (nSPS) is 14.1. The molecule has 1 aliphatic rings. The zero-order chi connectivity index (χ0) is 15.5. The standard InChI is InChI=1S/C16H18N2O3S/c1-18(2)12(9-17-16(19)15-4-3-7-22-15)11-5-6-13-14(8-11)21-10-20-13/h3-8,12H,9-10H2,1-2H3,(H,17,19). The van der Waals surface area contributed by atoms with Crippen molar-refractivity contribution < 1.29 is 14.3 Å². The van der Waals surface area contributed by atoms with Crippen LogP contribution >= 0.6 is 11.3 Å². The fraction of sp³-hybridized carbons (Fsp3) is 0.312. The minimum atomic E-state index is -0.0393. The highest BCUT2D eigenvalue weighted by molar-refractivity contribution is 7.12. The van der Waals surface area contributed by atoms with Gasteiger partial charge in [-0.3, -0.25) is 4.79 Å². The average molecular weight is 318 g/mol. The van der Waals surface area contributed by atoms with Crippen LogP contribution in [0.25, 0.3) is 0 Å². The molecular weight excluding hydrogens is 300 g/mol. The minimum absolute atomic E-state index is 0.0393. The molecule has 22 heavy (non-hydrogen) atoms. The first kappa shape index (κ1) is 14.9. The van der Waals surface area contributed by atoms with Crippen molar-refractivity contribution in [2.45, 2.75) is 6.04 Å². The van der Waals surface area contributed by atoms with Crippen molar-refractivity contribution >= 4 is 17.2 Å². The average Bonchev–Trinajstić information content (AvgIpc) is 3.17. The lowest BCUT2D eigenvalue weighted by atomic mass is 10.1. The number of fused-ring (bicyclic) bond motifs is 1.